The Hall–Kier alpha value is -1.84. The molecule has 4 heteroatoms. The van der Waals surface area contributed by atoms with Gasteiger partial charge in [-0.15, -0.1) is 0 Å². The van der Waals surface area contributed by atoms with E-state index in [0.29, 0.717) is 30.3 Å². The summed E-state index contributed by atoms with van der Waals surface area (Å²) in [4.78, 5) is 24.9. The van der Waals surface area contributed by atoms with Gasteiger partial charge in [-0.3, -0.25) is 9.59 Å². The molecule has 0 aliphatic heterocycles. The third-order valence-corrected chi connectivity index (χ3v) is 8.80. The molecule has 0 aromatic heterocycles. The number of ether oxygens (including phenoxy) is 2. The van der Waals surface area contributed by atoms with Crippen LogP contribution in [0.2, 0.25) is 0 Å². The minimum atomic E-state index is -0.206. The Morgan fingerprint density at radius 1 is 0.561 bits per heavy atom. The van der Waals surface area contributed by atoms with Crippen molar-refractivity contribution in [3.05, 3.63) is 22.3 Å². The van der Waals surface area contributed by atoms with Gasteiger partial charge in [-0.25, -0.2) is 0 Å². The van der Waals surface area contributed by atoms with E-state index in [9.17, 15) is 9.59 Å². The summed E-state index contributed by atoms with van der Waals surface area (Å²) < 4.78 is 11.8. The molecule has 0 spiro atoms. The molecule has 4 nitrogen and oxygen atoms in total. The predicted octanol–water partition coefficient (Wildman–Crippen LogP) is 11.0. The topological polar surface area (TPSA) is 52.6 Å². The molecule has 0 aliphatic carbocycles. The van der Waals surface area contributed by atoms with Gasteiger partial charge in [-0.2, -0.15) is 0 Å². The lowest BCUT2D eigenvalue weighted by atomic mass is 9.88. The van der Waals surface area contributed by atoms with Gasteiger partial charge in [0.15, 0.2) is 0 Å². The Kier molecular flexibility index (Phi) is 18.3. The molecule has 236 valence electrons. The van der Waals surface area contributed by atoms with E-state index in [0.717, 1.165) is 65.7 Å². The number of benzene rings is 1. The summed E-state index contributed by atoms with van der Waals surface area (Å²) in [6.45, 7) is 21.7. The number of hydrogen-bond donors (Lipinski definition) is 0. The molecule has 1 aromatic rings. The third kappa shape index (κ3) is 14.3. The highest BCUT2D eigenvalue weighted by atomic mass is 16.5. The van der Waals surface area contributed by atoms with Crippen LogP contribution < -0.4 is 9.47 Å². The first-order valence-corrected chi connectivity index (χ1v) is 16.9. The fourth-order valence-electron chi connectivity index (χ4n) is 5.81. The summed E-state index contributed by atoms with van der Waals surface area (Å²) in [5.41, 5.74) is 3.71. The Morgan fingerprint density at radius 3 is 1.39 bits per heavy atom. The summed E-state index contributed by atoms with van der Waals surface area (Å²) in [6, 6.07) is 0. The lowest BCUT2D eigenvalue weighted by Crippen LogP contribution is -2.15. The summed E-state index contributed by atoms with van der Waals surface area (Å²) in [6.07, 6.45) is 16.1. The number of carbonyl (C=O) groups is 2. The predicted molar refractivity (Wildman–Crippen MR) is 174 cm³/mol. The van der Waals surface area contributed by atoms with Crippen LogP contribution in [0.5, 0.6) is 11.5 Å². The first-order chi connectivity index (χ1) is 19.4. The molecule has 0 saturated carbocycles. The normalized spacial score (nSPS) is 13.7. The molecule has 0 heterocycles. The van der Waals surface area contributed by atoms with Gasteiger partial charge in [-0.1, -0.05) is 106 Å². The van der Waals surface area contributed by atoms with Gasteiger partial charge in [0.25, 0.3) is 0 Å². The van der Waals surface area contributed by atoms with E-state index in [1.165, 1.54) is 57.8 Å². The SMILES string of the molecule is CCCC(=O)Oc1c(C)c(C)c(OC(=O)CCC)c(CC[C@@H](C)CCC[C@H](C)CCC[C@H](C)CCCC(C)C)c1C. The van der Waals surface area contributed by atoms with Crippen LogP contribution in [-0.2, 0) is 16.0 Å². The maximum absolute atomic E-state index is 12.5. The molecule has 0 radical (unpaired) electrons. The Balaban J connectivity index is 2.73. The smallest absolute Gasteiger partial charge is 0.311 e. The molecule has 1 rings (SSSR count). The third-order valence-electron chi connectivity index (χ3n) is 8.80. The zero-order chi connectivity index (χ0) is 30.9. The monoisotopic (exact) mass is 572 g/mol. The van der Waals surface area contributed by atoms with Crippen molar-refractivity contribution in [1.82, 2.24) is 0 Å². The number of hydrogen-bond acceptors (Lipinski definition) is 4. The maximum atomic E-state index is 12.5. The summed E-state index contributed by atoms with van der Waals surface area (Å²) in [5, 5.41) is 0. The molecular weight excluding hydrogens is 508 g/mol. The van der Waals surface area contributed by atoms with Crippen molar-refractivity contribution in [3.63, 3.8) is 0 Å². The molecule has 0 unspecified atom stereocenters. The fraction of sp³-hybridized carbons (Fsp3) is 0.784. The van der Waals surface area contributed by atoms with Crippen molar-refractivity contribution >= 4 is 11.9 Å². The average molecular weight is 573 g/mol. The molecular formula is C37H64O4. The zero-order valence-electron chi connectivity index (χ0n) is 28.5. The van der Waals surface area contributed by atoms with E-state index in [4.69, 9.17) is 9.47 Å². The number of carbonyl (C=O) groups excluding carboxylic acids is 2. The van der Waals surface area contributed by atoms with Crippen molar-refractivity contribution in [2.45, 2.75) is 166 Å². The zero-order valence-corrected chi connectivity index (χ0v) is 28.5. The van der Waals surface area contributed by atoms with E-state index >= 15 is 0 Å². The average Bonchev–Trinajstić information content (AvgIpc) is 2.89. The van der Waals surface area contributed by atoms with Crippen LogP contribution in [0.15, 0.2) is 0 Å². The maximum Gasteiger partial charge on any atom is 0.311 e. The van der Waals surface area contributed by atoms with Gasteiger partial charge in [0.1, 0.15) is 11.5 Å². The minimum Gasteiger partial charge on any atom is -0.426 e. The second-order valence-electron chi connectivity index (χ2n) is 13.5. The van der Waals surface area contributed by atoms with Gasteiger partial charge in [-0.05, 0) is 86.8 Å². The molecule has 0 aliphatic rings. The molecule has 0 amide bonds. The van der Waals surface area contributed by atoms with Crippen molar-refractivity contribution in [2.75, 3.05) is 0 Å². The van der Waals surface area contributed by atoms with Crippen LogP contribution >= 0.6 is 0 Å². The number of rotatable bonds is 21. The summed E-state index contributed by atoms with van der Waals surface area (Å²) in [5.74, 6) is 3.96. The lowest BCUT2D eigenvalue weighted by molar-refractivity contribution is -0.135. The van der Waals surface area contributed by atoms with Crippen molar-refractivity contribution in [1.29, 1.82) is 0 Å². The van der Waals surface area contributed by atoms with Crippen molar-refractivity contribution in [3.8, 4) is 11.5 Å². The van der Waals surface area contributed by atoms with Crippen molar-refractivity contribution in [2.24, 2.45) is 23.7 Å². The Labute approximate surface area is 253 Å². The second-order valence-corrected chi connectivity index (χ2v) is 13.5. The van der Waals surface area contributed by atoms with Crippen LogP contribution in [0.25, 0.3) is 0 Å². The van der Waals surface area contributed by atoms with Gasteiger partial charge in [0.2, 0.25) is 0 Å². The van der Waals surface area contributed by atoms with E-state index in [-0.39, 0.29) is 11.9 Å². The largest absolute Gasteiger partial charge is 0.426 e. The molecule has 0 fully saturated rings. The quantitative estimate of drug-likeness (QED) is 0.109. The standard InChI is InChI=1S/C37H64O4/c1-11-16-34(38)40-36-30(8)31(9)37(41-35(39)17-12-2)33(32(36)10)25-24-29(7)23-15-22-28(6)21-14-20-27(5)19-13-18-26(3)4/h26-29H,11-25H2,1-10H3/t27-,28-,29+/m1/s1. The highest BCUT2D eigenvalue weighted by Crippen LogP contribution is 2.39. The second kappa shape index (κ2) is 20.1. The van der Waals surface area contributed by atoms with Crippen molar-refractivity contribution < 1.29 is 19.1 Å². The van der Waals surface area contributed by atoms with E-state index in [1.807, 2.05) is 34.6 Å². The van der Waals surface area contributed by atoms with E-state index in [2.05, 4.69) is 34.6 Å². The van der Waals surface area contributed by atoms with E-state index in [1.54, 1.807) is 0 Å². The summed E-state index contributed by atoms with van der Waals surface area (Å²) in [7, 11) is 0. The highest BCUT2D eigenvalue weighted by Gasteiger charge is 2.23. The Morgan fingerprint density at radius 2 is 0.951 bits per heavy atom. The molecule has 0 bridgehead atoms. The van der Waals surface area contributed by atoms with Crippen LogP contribution in [0.4, 0.5) is 0 Å². The van der Waals surface area contributed by atoms with Crippen LogP contribution in [0.3, 0.4) is 0 Å². The van der Waals surface area contributed by atoms with Crippen LogP contribution in [0.1, 0.15) is 161 Å². The highest BCUT2D eigenvalue weighted by molar-refractivity contribution is 5.76. The van der Waals surface area contributed by atoms with Crippen LogP contribution in [0, 0.1) is 44.4 Å². The molecule has 1 aromatic carbocycles. The van der Waals surface area contributed by atoms with Crippen LogP contribution in [-0.4, -0.2) is 11.9 Å². The van der Waals surface area contributed by atoms with Gasteiger partial charge in [0.05, 0.1) is 0 Å². The first kappa shape index (κ1) is 37.2. The minimum absolute atomic E-state index is 0.196. The molecule has 0 N–H and O–H groups in total. The van der Waals surface area contributed by atoms with Gasteiger partial charge < -0.3 is 9.47 Å². The number of esters is 2. The Bertz CT molecular complexity index is 916. The summed E-state index contributed by atoms with van der Waals surface area (Å²) >= 11 is 0. The van der Waals surface area contributed by atoms with Gasteiger partial charge >= 0.3 is 11.9 Å². The van der Waals surface area contributed by atoms with Gasteiger partial charge in [0, 0.05) is 18.4 Å². The first-order valence-electron chi connectivity index (χ1n) is 16.9. The van der Waals surface area contributed by atoms with E-state index < -0.39 is 0 Å². The molecule has 0 saturated heterocycles. The molecule has 41 heavy (non-hydrogen) atoms. The lowest BCUT2D eigenvalue weighted by Gasteiger charge is -2.22. The fourth-order valence-corrected chi connectivity index (χ4v) is 5.81. The molecule has 3 atom stereocenters.